The van der Waals surface area contributed by atoms with Gasteiger partial charge in [-0.2, -0.15) is 0 Å². The van der Waals surface area contributed by atoms with Gasteiger partial charge in [0.05, 0.1) is 12.9 Å². The van der Waals surface area contributed by atoms with Gasteiger partial charge in [-0.1, -0.05) is 49.1 Å². The van der Waals surface area contributed by atoms with Crippen LogP contribution >= 0.6 is 0 Å². The van der Waals surface area contributed by atoms with Crippen molar-refractivity contribution >= 4 is 0 Å². The quantitative estimate of drug-likeness (QED) is 0.262. The van der Waals surface area contributed by atoms with Gasteiger partial charge in [-0.3, -0.25) is 4.90 Å². The molecule has 6 N–H and O–H groups in total. The van der Waals surface area contributed by atoms with Crippen LogP contribution in [0, 0.1) is 0 Å². The lowest BCUT2D eigenvalue weighted by Crippen LogP contribution is -2.46. The molecular weight excluding hydrogens is 426 g/mol. The zero-order valence-electron chi connectivity index (χ0n) is 20.2. The fourth-order valence-corrected chi connectivity index (χ4v) is 3.67. The van der Waals surface area contributed by atoms with Gasteiger partial charge < -0.3 is 31.5 Å². The number of hydrogen-bond donors (Lipinski definition) is 4. The van der Waals surface area contributed by atoms with E-state index in [0.29, 0.717) is 18.8 Å². The van der Waals surface area contributed by atoms with Gasteiger partial charge in [-0.25, -0.2) is 0 Å². The first kappa shape index (κ1) is 26.8. The number of phenolic OH excluding ortho intramolecular Hbond substituents is 1. The number of rotatable bonds is 13. The van der Waals surface area contributed by atoms with E-state index in [-0.39, 0.29) is 5.75 Å². The number of ether oxygens (including phenoxy) is 1. The third-order valence-electron chi connectivity index (χ3n) is 5.59. The molecule has 0 spiro atoms. The van der Waals surface area contributed by atoms with Crippen LogP contribution in [0.3, 0.4) is 0 Å². The van der Waals surface area contributed by atoms with Crippen molar-refractivity contribution < 1.29 is 9.84 Å². The highest BCUT2D eigenvalue weighted by Crippen LogP contribution is 2.32. The topological polar surface area (TPSA) is 100 Å². The van der Waals surface area contributed by atoms with Crippen molar-refractivity contribution in [2.75, 3.05) is 39.8 Å². The maximum atomic E-state index is 10.7. The Morgan fingerprint density at radius 2 is 1.94 bits per heavy atom. The molecule has 1 fully saturated rings. The van der Waals surface area contributed by atoms with E-state index in [4.69, 9.17) is 16.2 Å². The fraction of sp³-hybridized carbons (Fsp3) is 0.333. The Bertz CT molecular complexity index is 925. The van der Waals surface area contributed by atoms with Crippen molar-refractivity contribution in [1.29, 1.82) is 0 Å². The lowest BCUT2D eigenvalue weighted by atomic mass is 10.1. The first-order chi connectivity index (χ1) is 16.5. The van der Waals surface area contributed by atoms with E-state index >= 15 is 0 Å². The number of phenols is 1. The highest BCUT2D eigenvalue weighted by atomic mass is 16.5. The molecule has 1 aliphatic rings. The number of allylic oxidation sites excluding steroid dienone is 7. The second-order valence-electron chi connectivity index (χ2n) is 8.11. The minimum atomic E-state index is 0.203. The number of benzene rings is 1. The van der Waals surface area contributed by atoms with E-state index in [1.165, 1.54) is 6.20 Å². The average Bonchev–Trinajstić information content (AvgIpc) is 2.84. The van der Waals surface area contributed by atoms with Crippen LogP contribution in [0.2, 0.25) is 0 Å². The Morgan fingerprint density at radius 1 is 1.18 bits per heavy atom. The van der Waals surface area contributed by atoms with Crippen LogP contribution < -0.4 is 21.5 Å². The molecule has 1 aromatic carbocycles. The van der Waals surface area contributed by atoms with Crippen molar-refractivity contribution in [3.05, 3.63) is 96.5 Å². The summed E-state index contributed by atoms with van der Waals surface area (Å²) in [6.07, 6.45) is 15.3. The van der Waals surface area contributed by atoms with Crippen molar-refractivity contribution in [2.24, 2.45) is 11.5 Å². The SMILES string of the molecule is C=C/C=C\C=C(/N)N1CCN(Cc2cc(CNCCC(=C)/C=C\C=C/N)cc(OC)c2O)CC1. The molecule has 0 saturated carbocycles. The summed E-state index contributed by atoms with van der Waals surface area (Å²) in [6, 6.07) is 3.93. The smallest absolute Gasteiger partial charge is 0.162 e. The van der Waals surface area contributed by atoms with Crippen molar-refractivity contribution in [3.8, 4) is 11.5 Å². The summed E-state index contributed by atoms with van der Waals surface area (Å²) in [5, 5.41) is 14.1. The zero-order chi connectivity index (χ0) is 24.8. The molecule has 0 atom stereocenters. The maximum absolute atomic E-state index is 10.7. The molecule has 184 valence electrons. The minimum Gasteiger partial charge on any atom is -0.504 e. The van der Waals surface area contributed by atoms with Crippen molar-refractivity contribution in [3.63, 3.8) is 0 Å². The van der Waals surface area contributed by atoms with Gasteiger partial charge in [-0.15, -0.1) is 0 Å². The van der Waals surface area contributed by atoms with Crippen LogP contribution in [0.5, 0.6) is 11.5 Å². The molecule has 0 aliphatic carbocycles. The lowest BCUT2D eigenvalue weighted by Gasteiger charge is -2.36. The fourth-order valence-electron chi connectivity index (χ4n) is 3.67. The summed E-state index contributed by atoms with van der Waals surface area (Å²) in [7, 11) is 1.58. The molecular formula is C27H39N5O2. The molecule has 0 aromatic heterocycles. The van der Waals surface area contributed by atoms with Gasteiger partial charge in [0.2, 0.25) is 0 Å². The monoisotopic (exact) mass is 465 g/mol. The Labute approximate surface area is 204 Å². The number of hydrogen-bond acceptors (Lipinski definition) is 7. The largest absolute Gasteiger partial charge is 0.504 e. The Kier molecular flexibility index (Phi) is 11.6. The van der Waals surface area contributed by atoms with E-state index in [1.54, 1.807) is 19.3 Å². The van der Waals surface area contributed by atoms with Crippen LogP contribution in [0.4, 0.5) is 0 Å². The predicted octanol–water partition coefficient (Wildman–Crippen LogP) is 3.13. The first-order valence-corrected chi connectivity index (χ1v) is 11.5. The second kappa shape index (κ2) is 14.7. The summed E-state index contributed by atoms with van der Waals surface area (Å²) in [5.74, 6) is 1.45. The zero-order valence-corrected chi connectivity index (χ0v) is 20.2. The lowest BCUT2D eigenvalue weighted by molar-refractivity contribution is 0.150. The van der Waals surface area contributed by atoms with Crippen LogP contribution in [0.25, 0.3) is 0 Å². The Hall–Kier alpha value is -3.42. The van der Waals surface area contributed by atoms with E-state index in [1.807, 2.05) is 42.5 Å². The second-order valence-corrected chi connectivity index (χ2v) is 8.11. The van der Waals surface area contributed by atoms with Gasteiger partial charge >= 0.3 is 0 Å². The van der Waals surface area contributed by atoms with Gasteiger partial charge in [-0.05, 0) is 49.0 Å². The highest BCUT2D eigenvalue weighted by Gasteiger charge is 2.20. The van der Waals surface area contributed by atoms with Gasteiger partial charge in [0.15, 0.2) is 11.5 Å². The first-order valence-electron chi connectivity index (χ1n) is 11.5. The van der Waals surface area contributed by atoms with E-state index in [9.17, 15) is 5.11 Å². The number of nitrogens with zero attached hydrogens (tertiary/aromatic N) is 2. The number of methoxy groups -OCH3 is 1. The summed E-state index contributed by atoms with van der Waals surface area (Å²) in [4.78, 5) is 4.49. The number of nitrogens with two attached hydrogens (primary N) is 2. The summed E-state index contributed by atoms with van der Waals surface area (Å²) in [5.41, 5.74) is 14.5. The molecule has 1 aromatic rings. The van der Waals surface area contributed by atoms with Crippen molar-refractivity contribution in [1.82, 2.24) is 15.1 Å². The molecule has 34 heavy (non-hydrogen) atoms. The Balaban J connectivity index is 1.92. The minimum absolute atomic E-state index is 0.203. The van der Waals surface area contributed by atoms with Gasteiger partial charge in [0.1, 0.15) is 0 Å². The number of aromatic hydroxyl groups is 1. The average molecular weight is 466 g/mol. The van der Waals surface area contributed by atoms with Gasteiger partial charge in [0, 0.05) is 44.8 Å². The molecule has 1 heterocycles. The third kappa shape index (κ3) is 8.84. The van der Waals surface area contributed by atoms with Crippen molar-refractivity contribution in [2.45, 2.75) is 19.5 Å². The predicted molar refractivity (Wildman–Crippen MR) is 141 cm³/mol. The van der Waals surface area contributed by atoms with Crippen LogP contribution in [-0.2, 0) is 13.1 Å². The molecule has 0 radical (unpaired) electrons. The highest BCUT2D eigenvalue weighted by molar-refractivity contribution is 5.48. The number of nitrogens with one attached hydrogen (secondary N) is 1. The molecule has 2 rings (SSSR count). The molecule has 7 nitrogen and oxygen atoms in total. The molecule has 1 saturated heterocycles. The van der Waals surface area contributed by atoms with Crippen LogP contribution in [-0.4, -0.2) is 54.7 Å². The molecule has 0 amide bonds. The normalized spacial score (nSPS) is 15.6. The Morgan fingerprint density at radius 3 is 2.62 bits per heavy atom. The summed E-state index contributed by atoms with van der Waals surface area (Å²) < 4.78 is 5.43. The molecule has 1 aliphatic heterocycles. The van der Waals surface area contributed by atoms with Crippen LogP contribution in [0.15, 0.2) is 85.4 Å². The number of piperazine rings is 1. The van der Waals surface area contributed by atoms with E-state index < -0.39 is 0 Å². The van der Waals surface area contributed by atoms with E-state index in [0.717, 1.165) is 61.7 Å². The maximum Gasteiger partial charge on any atom is 0.162 e. The molecule has 7 heteroatoms. The molecule has 0 bridgehead atoms. The van der Waals surface area contributed by atoms with E-state index in [2.05, 4.69) is 28.3 Å². The third-order valence-corrected chi connectivity index (χ3v) is 5.59. The molecule has 0 unspecified atom stereocenters. The summed E-state index contributed by atoms with van der Waals surface area (Å²) >= 11 is 0. The standard InChI is InChI=1S/C27H39N5O2/c1-4-5-6-10-26(29)32-16-14-31(15-17-32)21-24-18-23(19-25(34-3)27(24)33)20-30-13-11-22(2)9-7-8-12-28/h4-10,12,18-19,30,33H,1-2,11,13-17,20-21,28-29H2,3H3/b6-5-,9-7-,12-8-,26-10+. The van der Waals surface area contributed by atoms with Crippen LogP contribution in [0.1, 0.15) is 17.5 Å². The summed E-state index contributed by atoms with van der Waals surface area (Å²) in [6.45, 7) is 13.2. The van der Waals surface area contributed by atoms with Gasteiger partial charge in [0.25, 0.3) is 0 Å².